The first-order valence-corrected chi connectivity index (χ1v) is 7.71. The highest BCUT2D eigenvalue weighted by atomic mass is 32.2. The number of amides is 1. The van der Waals surface area contributed by atoms with Crippen molar-refractivity contribution in [3.8, 4) is 0 Å². The second-order valence-corrected chi connectivity index (χ2v) is 7.51. The van der Waals surface area contributed by atoms with Gasteiger partial charge in [0.15, 0.2) is 0 Å². The Balaban J connectivity index is 1.71. The van der Waals surface area contributed by atoms with Gasteiger partial charge in [-0.25, -0.2) is 0 Å². The lowest BCUT2D eigenvalue weighted by molar-refractivity contribution is -0.122. The Labute approximate surface area is 108 Å². The van der Waals surface area contributed by atoms with Crippen molar-refractivity contribution in [2.75, 3.05) is 18.1 Å². The first kappa shape index (κ1) is 12.6. The van der Waals surface area contributed by atoms with Gasteiger partial charge in [0.1, 0.15) is 0 Å². The van der Waals surface area contributed by atoms with Crippen LogP contribution in [0.4, 0.5) is 0 Å². The number of rotatable bonds is 5. The molecule has 1 saturated carbocycles. The normalized spacial score (nSPS) is 31.4. The molecule has 1 aliphatic heterocycles. The molecule has 1 heterocycles. The van der Waals surface area contributed by atoms with E-state index < -0.39 is 0 Å². The van der Waals surface area contributed by atoms with Crippen LogP contribution in [-0.2, 0) is 4.79 Å². The van der Waals surface area contributed by atoms with E-state index in [1.165, 1.54) is 31.4 Å². The quantitative estimate of drug-likeness (QED) is 0.743. The van der Waals surface area contributed by atoms with Crippen molar-refractivity contribution in [1.82, 2.24) is 5.32 Å². The Hall–Kier alpha value is 0.170. The molecule has 1 aliphatic carbocycles. The minimum atomic E-state index is 0.222. The molecule has 1 N–H and O–H groups in total. The van der Waals surface area contributed by atoms with Crippen molar-refractivity contribution in [2.45, 2.75) is 43.8 Å². The van der Waals surface area contributed by atoms with E-state index in [4.69, 9.17) is 0 Å². The van der Waals surface area contributed by atoms with E-state index in [1.54, 1.807) is 0 Å². The lowest BCUT2D eigenvalue weighted by atomic mass is 10.0. The summed E-state index contributed by atoms with van der Waals surface area (Å²) < 4.78 is 0.285. The summed E-state index contributed by atoms with van der Waals surface area (Å²) in [6.45, 7) is 3.09. The second kappa shape index (κ2) is 4.81. The van der Waals surface area contributed by atoms with Crippen LogP contribution in [0.1, 0.15) is 39.0 Å². The maximum absolute atomic E-state index is 11.8. The third-order valence-corrected chi connectivity index (χ3v) is 6.00. The standard InChI is InChI=1S/C12H21NOS2/c1-11(3-2-6-16-11)8-13-10(14)7-12(9-15)4-5-12/h15H,2-9H2,1H3,(H,13,14). The van der Waals surface area contributed by atoms with E-state index in [9.17, 15) is 4.79 Å². The molecule has 2 rings (SSSR count). The van der Waals surface area contributed by atoms with Crippen LogP contribution in [0.25, 0.3) is 0 Å². The van der Waals surface area contributed by atoms with E-state index in [1.807, 2.05) is 11.8 Å². The van der Waals surface area contributed by atoms with Gasteiger partial charge in [-0.1, -0.05) is 0 Å². The van der Waals surface area contributed by atoms with Crippen molar-refractivity contribution in [3.63, 3.8) is 0 Å². The molecule has 4 heteroatoms. The summed E-state index contributed by atoms with van der Waals surface area (Å²) >= 11 is 6.32. The average molecular weight is 259 g/mol. The van der Waals surface area contributed by atoms with Crippen molar-refractivity contribution in [3.05, 3.63) is 0 Å². The number of carbonyl (C=O) groups is 1. The summed E-state index contributed by atoms with van der Waals surface area (Å²) in [5.74, 6) is 2.32. The zero-order valence-corrected chi connectivity index (χ0v) is 11.6. The number of hydrogen-bond acceptors (Lipinski definition) is 3. The van der Waals surface area contributed by atoms with Crippen LogP contribution in [0.3, 0.4) is 0 Å². The monoisotopic (exact) mass is 259 g/mol. The van der Waals surface area contributed by atoms with Crippen molar-refractivity contribution >= 4 is 30.3 Å². The van der Waals surface area contributed by atoms with Crippen LogP contribution in [0.5, 0.6) is 0 Å². The van der Waals surface area contributed by atoms with Gasteiger partial charge >= 0.3 is 0 Å². The predicted molar refractivity (Wildman–Crippen MR) is 73.2 cm³/mol. The number of hydrogen-bond donors (Lipinski definition) is 2. The SMILES string of the molecule is CC1(CNC(=O)CC2(CS)CC2)CCCS1. The van der Waals surface area contributed by atoms with Gasteiger partial charge in [0.25, 0.3) is 0 Å². The molecule has 0 spiro atoms. The summed E-state index contributed by atoms with van der Waals surface area (Å²) in [5.41, 5.74) is 0.247. The van der Waals surface area contributed by atoms with Gasteiger partial charge < -0.3 is 5.32 Å². The molecular formula is C12H21NOS2. The van der Waals surface area contributed by atoms with E-state index in [2.05, 4.69) is 24.9 Å². The summed E-state index contributed by atoms with van der Waals surface area (Å²) in [6, 6.07) is 0. The number of nitrogens with one attached hydrogen (secondary N) is 1. The van der Waals surface area contributed by atoms with E-state index in [-0.39, 0.29) is 16.1 Å². The molecule has 2 nitrogen and oxygen atoms in total. The third kappa shape index (κ3) is 3.10. The molecule has 1 saturated heterocycles. The highest BCUT2D eigenvalue weighted by molar-refractivity contribution is 8.00. The Morgan fingerprint density at radius 1 is 1.44 bits per heavy atom. The van der Waals surface area contributed by atoms with Crippen LogP contribution >= 0.6 is 24.4 Å². The van der Waals surface area contributed by atoms with E-state index in [0.29, 0.717) is 6.42 Å². The largest absolute Gasteiger partial charge is 0.355 e. The van der Waals surface area contributed by atoms with Gasteiger partial charge in [0.2, 0.25) is 5.91 Å². The zero-order chi connectivity index (χ0) is 11.6. The summed E-state index contributed by atoms with van der Waals surface area (Å²) in [4.78, 5) is 11.8. The maximum Gasteiger partial charge on any atom is 0.220 e. The van der Waals surface area contributed by atoms with E-state index in [0.717, 1.165) is 12.3 Å². The molecule has 16 heavy (non-hydrogen) atoms. The Bertz CT molecular complexity index is 270. The second-order valence-electron chi connectivity index (χ2n) is 5.51. The van der Waals surface area contributed by atoms with Crippen LogP contribution < -0.4 is 5.32 Å². The van der Waals surface area contributed by atoms with Gasteiger partial charge in [-0.3, -0.25) is 4.79 Å². The van der Waals surface area contributed by atoms with Crippen LogP contribution in [0.15, 0.2) is 0 Å². The fraction of sp³-hybridized carbons (Fsp3) is 0.917. The Morgan fingerprint density at radius 2 is 2.19 bits per heavy atom. The summed E-state index contributed by atoms with van der Waals surface area (Å²) in [7, 11) is 0. The van der Waals surface area contributed by atoms with Gasteiger partial charge in [-0.05, 0) is 49.5 Å². The first-order chi connectivity index (χ1) is 7.58. The molecule has 2 fully saturated rings. The molecule has 0 aromatic carbocycles. The van der Waals surface area contributed by atoms with Gasteiger partial charge in [0, 0.05) is 17.7 Å². The minimum Gasteiger partial charge on any atom is -0.355 e. The number of thiol groups is 1. The predicted octanol–water partition coefficient (Wildman–Crippen LogP) is 2.49. The van der Waals surface area contributed by atoms with Gasteiger partial charge in [-0.2, -0.15) is 24.4 Å². The lowest BCUT2D eigenvalue weighted by Gasteiger charge is -2.23. The molecule has 0 bridgehead atoms. The van der Waals surface area contributed by atoms with Crippen LogP contribution in [-0.4, -0.2) is 28.7 Å². The van der Waals surface area contributed by atoms with Crippen molar-refractivity contribution < 1.29 is 4.79 Å². The van der Waals surface area contributed by atoms with Crippen LogP contribution in [0.2, 0.25) is 0 Å². The van der Waals surface area contributed by atoms with Crippen molar-refractivity contribution in [2.24, 2.45) is 5.41 Å². The molecule has 92 valence electrons. The highest BCUT2D eigenvalue weighted by Gasteiger charge is 2.43. The molecule has 0 radical (unpaired) electrons. The third-order valence-electron chi connectivity index (χ3n) is 3.79. The molecule has 0 aromatic rings. The number of carbonyl (C=O) groups excluding carboxylic acids is 1. The summed E-state index contributed by atoms with van der Waals surface area (Å²) in [6.07, 6.45) is 5.55. The van der Waals surface area contributed by atoms with Crippen LogP contribution in [0, 0.1) is 5.41 Å². The summed E-state index contributed by atoms with van der Waals surface area (Å²) in [5, 5.41) is 3.10. The Morgan fingerprint density at radius 3 is 2.69 bits per heavy atom. The fourth-order valence-electron chi connectivity index (χ4n) is 2.23. The molecule has 1 atom stereocenters. The molecule has 1 amide bonds. The highest BCUT2D eigenvalue weighted by Crippen LogP contribution is 2.49. The molecule has 1 unspecified atom stereocenters. The van der Waals surface area contributed by atoms with E-state index >= 15 is 0 Å². The molecule has 0 aromatic heterocycles. The Kier molecular flexibility index (Phi) is 3.79. The first-order valence-electron chi connectivity index (χ1n) is 6.09. The zero-order valence-electron chi connectivity index (χ0n) is 9.92. The number of thioether (sulfide) groups is 1. The van der Waals surface area contributed by atoms with Crippen molar-refractivity contribution in [1.29, 1.82) is 0 Å². The van der Waals surface area contributed by atoms with Gasteiger partial charge in [0.05, 0.1) is 0 Å². The maximum atomic E-state index is 11.8. The molecule has 2 aliphatic rings. The molecular weight excluding hydrogens is 238 g/mol. The minimum absolute atomic E-state index is 0.222. The van der Waals surface area contributed by atoms with Gasteiger partial charge in [-0.15, -0.1) is 0 Å². The average Bonchev–Trinajstić information content (AvgIpc) is 2.90. The smallest absolute Gasteiger partial charge is 0.220 e. The fourth-order valence-corrected chi connectivity index (χ4v) is 3.90. The lowest BCUT2D eigenvalue weighted by Crippen LogP contribution is -2.37. The topological polar surface area (TPSA) is 29.1 Å².